The SMILES string of the molecule is CC1(C)CCC(=O)[C@]2(CS(=O)(=O)O)CC[C@H]12. The van der Waals surface area contributed by atoms with Crippen molar-refractivity contribution < 1.29 is 17.8 Å². The van der Waals surface area contributed by atoms with E-state index < -0.39 is 15.5 Å². The van der Waals surface area contributed by atoms with E-state index in [9.17, 15) is 13.2 Å². The van der Waals surface area contributed by atoms with Gasteiger partial charge in [-0.3, -0.25) is 9.35 Å². The molecule has 0 bridgehead atoms. The number of hydrogen-bond donors (Lipinski definition) is 1. The van der Waals surface area contributed by atoms with E-state index in [-0.39, 0.29) is 22.9 Å². The summed E-state index contributed by atoms with van der Waals surface area (Å²) in [6.07, 6.45) is 2.77. The molecule has 5 heteroatoms. The highest BCUT2D eigenvalue weighted by molar-refractivity contribution is 7.85. The maximum atomic E-state index is 12.0. The van der Waals surface area contributed by atoms with Crippen LogP contribution in [0, 0.1) is 16.7 Å². The van der Waals surface area contributed by atoms with Gasteiger partial charge >= 0.3 is 0 Å². The van der Waals surface area contributed by atoms with Gasteiger partial charge in [-0.1, -0.05) is 13.8 Å². The van der Waals surface area contributed by atoms with Crippen molar-refractivity contribution in [2.24, 2.45) is 16.7 Å². The molecule has 0 spiro atoms. The minimum Gasteiger partial charge on any atom is -0.299 e. The van der Waals surface area contributed by atoms with Gasteiger partial charge in [-0.25, -0.2) is 0 Å². The van der Waals surface area contributed by atoms with Gasteiger partial charge in [0.2, 0.25) is 0 Å². The molecule has 1 N–H and O–H groups in total. The lowest BCUT2D eigenvalue weighted by atomic mass is 9.46. The number of fused-ring (bicyclic) bond motifs is 1. The first kappa shape index (κ1) is 12.0. The molecular weight excluding hydrogens is 228 g/mol. The van der Waals surface area contributed by atoms with Crippen LogP contribution in [0.4, 0.5) is 0 Å². The zero-order valence-electron chi connectivity index (χ0n) is 9.69. The molecule has 0 radical (unpaired) electrons. The molecule has 0 unspecified atom stereocenters. The molecule has 2 atom stereocenters. The molecule has 2 aliphatic rings. The fraction of sp³-hybridized carbons (Fsp3) is 0.909. The zero-order valence-corrected chi connectivity index (χ0v) is 10.5. The molecule has 92 valence electrons. The van der Waals surface area contributed by atoms with Crippen LogP contribution in [-0.4, -0.2) is 24.5 Å². The molecule has 0 amide bonds. The summed E-state index contributed by atoms with van der Waals surface area (Å²) in [5.74, 6) is -0.240. The van der Waals surface area contributed by atoms with Crippen molar-refractivity contribution in [3.8, 4) is 0 Å². The summed E-state index contributed by atoms with van der Waals surface area (Å²) < 4.78 is 31.1. The molecule has 2 rings (SSSR count). The van der Waals surface area contributed by atoms with E-state index in [1.807, 2.05) is 0 Å². The molecule has 0 heterocycles. The van der Waals surface area contributed by atoms with Crippen molar-refractivity contribution >= 4 is 15.9 Å². The molecule has 0 aliphatic heterocycles. The Labute approximate surface area is 96.2 Å². The summed E-state index contributed by atoms with van der Waals surface area (Å²) in [7, 11) is -4.07. The van der Waals surface area contributed by atoms with Crippen LogP contribution in [0.3, 0.4) is 0 Å². The minimum absolute atomic E-state index is 0.0108. The second-order valence-corrected chi connectivity index (χ2v) is 7.34. The summed E-state index contributed by atoms with van der Waals surface area (Å²) >= 11 is 0. The van der Waals surface area contributed by atoms with Crippen LogP contribution in [-0.2, 0) is 14.9 Å². The average Bonchev–Trinajstić information content (AvgIpc) is 2.04. The highest BCUT2D eigenvalue weighted by atomic mass is 32.2. The third kappa shape index (κ3) is 1.70. The fourth-order valence-corrected chi connectivity index (χ4v) is 4.70. The van der Waals surface area contributed by atoms with E-state index in [0.29, 0.717) is 12.8 Å². The predicted octanol–water partition coefficient (Wildman–Crippen LogP) is 1.66. The lowest BCUT2D eigenvalue weighted by Crippen LogP contribution is -2.59. The quantitative estimate of drug-likeness (QED) is 0.752. The van der Waals surface area contributed by atoms with Crippen LogP contribution in [0.15, 0.2) is 0 Å². The maximum absolute atomic E-state index is 12.0. The Bertz CT molecular complexity index is 423. The van der Waals surface area contributed by atoms with E-state index >= 15 is 0 Å². The Kier molecular flexibility index (Phi) is 2.48. The predicted molar refractivity (Wildman–Crippen MR) is 59.6 cm³/mol. The molecule has 2 fully saturated rings. The number of hydrogen-bond acceptors (Lipinski definition) is 3. The number of ketones is 1. The van der Waals surface area contributed by atoms with Gasteiger partial charge in [-0.15, -0.1) is 0 Å². The monoisotopic (exact) mass is 246 g/mol. The first-order valence-electron chi connectivity index (χ1n) is 5.66. The maximum Gasteiger partial charge on any atom is 0.265 e. The van der Waals surface area contributed by atoms with Gasteiger partial charge in [0, 0.05) is 11.8 Å². The van der Waals surface area contributed by atoms with Crippen molar-refractivity contribution in [3.63, 3.8) is 0 Å². The van der Waals surface area contributed by atoms with Crippen LogP contribution in [0.5, 0.6) is 0 Å². The van der Waals surface area contributed by atoms with Crippen LogP contribution < -0.4 is 0 Å². The van der Waals surface area contributed by atoms with Crippen LogP contribution >= 0.6 is 0 Å². The van der Waals surface area contributed by atoms with Crippen molar-refractivity contribution in [1.82, 2.24) is 0 Å². The molecular formula is C11H18O4S. The minimum atomic E-state index is -4.07. The first-order valence-corrected chi connectivity index (χ1v) is 7.27. The lowest BCUT2D eigenvalue weighted by Gasteiger charge is -2.58. The standard InChI is InChI=1S/C11H18O4S/c1-10(2)5-4-9(12)11(6-3-8(10)11)7-16(13,14)15/h8H,3-7H2,1-2H3,(H,13,14,15)/t8-,11+/m1/s1. The van der Waals surface area contributed by atoms with Gasteiger partial charge in [0.25, 0.3) is 10.1 Å². The Morgan fingerprint density at radius 1 is 1.38 bits per heavy atom. The van der Waals surface area contributed by atoms with Gasteiger partial charge in [-0.05, 0) is 30.6 Å². The molecule has 0 saturated heterocycles. The molecule has 4 nitrogen and oxygen atoms in total. The fourth-order valence-electron chi connectivity index (χ4n) is 3.55. The van der Waals surface area contributed by atoms with Gasteiger partial charge in [0.05, 0.1) is 5.75 Å². The second-order valence-electron chi connectivity index (χ2n) is 5.89. The van der Waals surface area contributed by atoms with E-state index in [1.165, 1.54) is 0 Å². The van der Waals surface area contributed by atoms with Crippen molar-refractivity contribution in [1.29, 1.82) is 0 Å². The largest absolute Gasteiger partial charge is 0.299 e. The topological polar surface area (TPSA) is 71.4 Å². The van der Waals surface area contributed by atoms with E-state index in [1.54, 1.807) is 0 Å². The molecule has 0 aromatic heterocycles. The Morgan fingerprint density at radius 2 is 2.00 bits per heavy atom. The summed E-state index contributed by atoms with van der Waals surface area (Å²) in [6.45, 7) is 4.17. The van der Waals surface area contributed by atoms with Crippen molar-refractivity contribution in [2.75, 3.05) is 5.75 Å². The number of Topliss-reactive ketones (excluding diaryl/α,β-unsaturated/α-hetero) is 1. The Hall–Kier alpha value is -0.420. The lowest BCUT2D eigenvalue weighted by molar-refractivity contribution is -0.153. The number of carbonyl (C=O) groups is 1. The van der Waals surface area contributed by atoms with Crippen molar-refractivity contribution in [3.05, 3.63) is 0 Å². The normalized spacial score (nSPS) is 37.7. The van der Waals surface area contributed by atoms with Gasteiger partial charge in [0.15, 0.2) is 0 Å². The Morgan fingerprint density at radius 3 is 2.44 bits per heavy atom. The third-order valence-corrected chi connectivity index (χ3v) is 5.36. The highest BCUT2D eigenvalue weighted by Crippen LogP contribution is 2.61. The molecule has 16 heavy (non-hydrogen) atoms. The molecule has 0 aromatic rings. The van der Waals surface area contributed by atoms with Gasteiger partial charge in [0.1, 0.15) is 5.78 Å². The highest BCUT2D eigenvalue weighted by Gasteiger charge is 2.61. The van der Waals surface area contributed by atoms with Crippen LogP contribution in [0.1, 0.15) is 39.5 Å². The summed E-state index contributed by atoms with van der Waals surface area (Å²) in [6, 6.07) is 0. The molecule has 0 aromatic carbocycles. The first-order chi connectivity index (χ1) is 7.17. The molecule has 2 saturated carbocycles. The van der Waals surface area contributed by atoms with Gasteiger partial charge in [-0.2, -0.15) is 8.42 Å². The average molecular weight is 246 g/mol. The zero-order chi connectivity index (χ0) is 12.2. The second kappa shape index (κ2) is 3.29. The van der Waals surface area contributed by atoms with Crippen molar-refractivity contribution in [2.45, 2.75) is 39.5 Å². The Balaban J connectivity index is 2.34. The van der Waals surface area contributed by atoms with Crippen LogP contribution in [0.25, 0.3) is 0 Å². The van der Waals surface area contributed by atoms with E-state index in [2.05, 4.69) is 13.8 Å². The van der Waals surface area contributed by atoms with E-state index in [0.717, 1.165) is 12.8 Å². The van der Waals surface area contributed by atoms with Gasteiger partial charge < -0.3 is 0 Å². The summed E-state index contributed by atoms with van der Waals surface area (Å²) in [5.41, 5.74) is -0.772. The van der Waals surface area contributed by atoms with Crippen LogP contribution in [0.2, 0.25) is 0 Å². The smallest absolute Gasteiger partial charge is 0.265 e. The molecule has 2 aliphatic carbocycles. The third-order valence-electron chi connectivity index (χ3n) is 4.48. The van der Waals surface area contributed by atoms with E-state index in [4.69, 9.17) is 4.55 Å². The number of rotatable bonds is 2. The summed E-state index contributed by atoms with van der Waals surface area (Å²) in [5, 5.41) is 0. The number of carbonyl (C=O) groups excluding carboxylic acids is 1. The summed E-state index contributed by atoms with van der Waals surface area (Å²) in [4.78, 5) is 12.0.